The van der Waals surface area contributed by atoms with Crippen LogP contribution in [0.4, 0.5) is 0 Å². The van der Waals surface area contributed by atoms with Crippen LogP contribution in [0.3, 0.4) is 0 Å². The summed E-state index contributed by atoms with van der Waals surface area (Å²) in [5.41, 5.74) is 5.10. The molecule has 0 atom stereocenters. The van der Waals surface area contributed by atoms with E-state index in [-0.39, 0.29) is 5.91 Å². The molecule has 0 unspecified atom stereocenters. The molecule has 3 rings (SSSR count). The molecule has 0 aliphatic carbocycles. The largest absolute Gasteiger partial charge is 0.350 e. The minimum Gasteiger partial charge on any atom is -0.350 e. The van der Waals surface area contributed by atoms with Crippen molar-refractivity contribution in [3.8, 4) is 0 Å². The Balaban J connectivity index is 1.58. The number of H-pyrrole nitrogens is 1. The lowest BCUT2D eigenvalue weighted by atomic mass is 10.1. The van der Waals surface area contributed by atoms with Gasteiger partial charge in [-0.25, -0.2) is 0 Å². The van der Waals surface area contributed by atoms with Crippen LogP contribution < -0.4 is 10.6 Å². The maximum absolute atomic E-state index is 12.2. The normalized spacial score (nSPS) is 13.8. The molecule has 1 amide bonds. The second-order valence-electron chi connectivity index (χ2n) is 5.45. The van der Waals surface area contributed by atoms with Crippen LogP contribution in [-0.2, 0) is 19.4 Å². The summed E-state index contributed by atoms with van der Waals surface area (Å²) in [5, 5.41) is 13.4. The van der Waals surface area contributed by atoms with E-state index in [0.29, 0.717) is 18.8 Å². The summed E-state index contributed by atoms with van der Waals surface area (Å²) < 4.78 is 0. The lowest BCUT2D eigenvalue weighted by Crippen LogP contribution is -2.29. The van der Waals surface area contributed by atoms with Gasteiger partial charge in [0.15, 0.2) is 5.69 Å². The molecule has 0 fully saturated rings. The first kappa shape index (κ1) is 13.8. The highest BCUT2D eigenvalue weighted by molar-refractivity contribution is 5.94. The van der Waals surface area contributed by atoms with Gasteiger partial charge in [0, 0.05) is 37.3 Å². The third-order valence-corrected chi connectivity index (χ3v) is 3.80. The number of aromatic amines is 1. The Morgan fingerprint density at radius 1 is 1.43 bits per heavy atom. The van der Waals surface area contributed by atoms with Gasteiger partial charge in [0.25, 0.3) is 5.91 Å². The Bertz CT molecular complexity index is 647. The number of amides is 1. The summed E-state index contributed by atoms with van der Waals surface area (Å²) in [6.07, 6.45) is 1.73. The van der Waals surface area contributed by atoms with Gasteiger partial charge in [-0.1, -0.05) is 29.8 Å². The van der Waals surface area contributed by atoms with E-state index in [1.165, 1.54) is 11.1 Å². The molecule has 5 heteroatoms. The topological polar surface area (TPSA) is 69.8 Å². The number of benzene rings is 1. The Kier molecular flexibility index (Phi) is 4.01. The molecule has 1 aliphatic rings. The standard InChI is InChI=1S/C16H20N4O/c1-11-3-2-4-12(9-11)5-8-18-16(21)15-13-10-17-7-6-14(13)19-20-15/h2-4,9,17H,5-8,10H2,1H3,(H,18,21)(H,19,20). The van der Waals surface area contributed by atoms with Crippen molar-refractivity contribution < 1.29 is 4.79 Å². The second kappa shape index (κ2) is 6.10. The zero-order valence-electron chi connectivity index (χ0n) is 12.2. The number of nitrogens with one attached hydrogen (secondary N) is 3. The van der Waals surface area contributed by atoms with Crippen LogP contribution >= 0.6 is 0 Å². The number of hydrogen-bond acceptors (Lipinski definition) is 3. The molecule has 110 valence electrons. The van der Waals surface area contributed by atoms with E-state index in [4.69, 9.17) is 0 Å². The fourth-order valence-electron chi connectivity index (χ4n) is 2.68. The van der Waals surface area contributed by atoms with Gasteiger partial charge < -0.3 is 10.6 Å². The average molecular weight is 284 g/mol. The molecule has 21 heavy (non-hydrogen) atoms. The van der Waals surface area contributed by atoms with E-state index in [1.807, 2.05) is 6.07 Å². The van der Waals surface area contributed by atoms with E-state index in [9.17, 15) is 4.79 Å². The van der Waals surface area contributed by atoms with E-state index in [2.05, 4.69) is 46.0 Å². The Labute approximate surface area is 124 Å². The average Bonchev–Trinajstić information content (AvgIpc) is 2.91. The van der Waals surface area contributed by atoms with Crippen LogP contribution in [0.2, 0.25) is 0 Å². The van der Waals surface area contributed by atoms with Gasteiger partial charge in [-0.2, -0.15) is 5.10 Å². The van der Waals surface area contributed by atoms with Crippen molar-refractivity contribution in [2.24, 2.45) is 0 Å². The number of carbonyl (C=O) groups excluding carboxylic acids is 1. The van der Waals surface area contributed by atoms with Crippen molar-refractivity contribution in [2.45, 2.75) is 26.3 Å². The van der Waals surface area contributed by atoms with Gasteiger partial charge in [0.05, 0.1) is 0 Å². The fourth-order valence-corrected chi connectivity index (χ4v) is 2.68. The molecule has 0 saturated heterocycles. The fraction of sp³-hybridized carbons (Fsp3) is 0.375. The Morgan fingerprint density at radius 2 is 2.33 bits per heavy atom. The highest BCUT2D eigenvalue weighted by atomic mass is 16.1. The van der Waals surface area contributed by atoms with Gasteiger partial charge in [-0.3, -0.25) is 9.89 Å². The lowest BCUT2D eigenvalue weighted by Gasteiger charge is -2.12. The first-order chi connectivity index (χ1) is 10.2. The quantitative estimate of drug-likeness (QED) is 0.793. The third-order valence-electron chi connectivity index (χ3n) is 3.80. The monoisotopic (exact) mass is 284 g/mol. The molecule has 2 aromatic rings. The van der Waals surface area contributed by atoms with Crippen LogP contribution in [0.15, 0.2) is 24.3 Å². The zero-order chi connectivity index (χ0) is 14.7. The lowest BCUT2D eigenvalue weighted by molar-refractivity contribution is 0.0948. The van der Waals surface area contributed by atoms with Crippen LogP contribution in [0.1, 0.15) is 32.9 Å². The van der Waals surface area contributed by atoms with E-state index in [1.54, 1.807) is 0 Å². The number of carbonyl (C=O) groups is 1. The molecular formula is C16H20N4O. The zero-order valence-corrected chi connectivity index (χ0v) is 12.2. The summed E-state index contributed by atoms with van der Waals surface area (Å²) in [7, 11) is 0. The first-order valence-electron chi connectivity index (χ1n) is 7.34. The van der Waals surface area contributed by atoms with Crippen LogP contribution in [0.5, 0.6) is 0 Å². The van der Waals surface area contributed by atoms with E-state index >= 15 is 0 Å². The van der Waals surface area contributed by atoms with Crippen molar-refractivity contribution >= 4 is 5.91 Å². The molecule has 1 aromatic heterocycles. The molecule has 0 bridgehead atoms. The number of aryl methyl sites for hydroxylation is 1. The van der Waals surface area contributed by atoms with E-state index in [0.717, 1.165) is 30.6 Å². The molecule has 1 aliphatic heterocycles. The number of rotatable bonds is 4. The van der Waals surface area contributed by atoms with Crippen molar-refractivity contribution in [3.63, 3.8) is 0 Å². The molecule has 2 heterocycles. The summed E-state index contributed by atoms with van der Waals surface area (Å²) in [6, 6.07) is 8.35. The number of fused-ring (bicyclic) bond motifs is 1. The SMILES string of the molecule is Cc1cccc(CCNC(=O)c2n[nH]c3c2CNCC3)c1. The Hall–Kier alpha value is -2.14. The molecule has 0 radical (unpaired) electrons. The molecule has 3 N–H and O–H groups in total. The summed E-state index contributed by atoms with van der Waals surface area (Å²) in [6.45, 7) is 4.35. The van der Waals surface area contributed by atoms with Gasteiger partial charge in [0.2, 0.25) is 0 Å². The first-order valence-corrected chi connectivity index (χ1v) is 7.34. The molecule has 1 aromatic carbocycles. The van der Waals surface area contributed by atoms with Crippen LogP contribution in [0.25, 0.3) is 0 Å². The minimum atomic E-state index is -0.0937. The number of hydrogen-bond donors (Lipinski definition) is 3. The van der Waals surface area contributed by atoms with Crippen LogP contribution in [0, 0.1) is 6.92 Å². The third kappa shape index (κ3) is 3.13. The second-order valence-corrected chi connectivity index (χ2v) is 5.45. The maximum atomic E-state index is 12.2. The van der Waals surface area contributed by atoms with Crippen molar-refractivity contribution in [1.82, 2.24) is 20.8 Å². The maximum Gasteiger partial charge on any atom is 0.272 e. The highest BCUT2D eigenvalue weighted by Crippen LogP contribution is 2.15. The summed E-state index contributed by atoms with van der Waals surface area (Å²) in [5.74, 6) is -0.0937. The van der Waals surface area contributed by atoms with Crippen molar-refractivity contribution in [1.29, 1.82) is 0 Å². The molecule has 5 nitrogen and oxygen atoms in total. The predicted octanol–water partition coefficient (Wildman–Crippen LogP) is 1.34. The van der Waals surface area contributed by atoms with Crippen molar-refractivity contribution in [2.75, 3.05) is 13.1 Å². The van der Waals surface area contributed by atoms with E-state index < -0.39 is 0 Å². The smallest absolute Gasteiger partial charge is 0.272 e. The number of aromatic nitrogens is 2. The molecule has 0 spiro atoms. The van der Waals surface area contributed by atoms with Gasteiger partial charge in [-0.05, 0) is 18.9 Å². The Morgan fingerprint density at radius 3 is 3.19 bits per heavy atom. The highest BCUT2D eigenvalue weighted by Gasteiger charge is 2.20. The predicted molar refractivity (Wildman–Crippen MR) is 81.2 cm³/mol. The van der Waals surface area contributed by atoms with Gasteiger partial charge >= 0.3 is 0 Å². The minimum absolute atomic E-state index is 0.0937. The molecule has 0 saturated carbocycles. The summed E-state index contributed by atoms with van der Waals surface area (Å²) >= 11 is 0. The van der Waals surface area contributed by atoms with Gasteiger partial charge in [0.1, 0.15) is 0 Å². The van der Waals surface area contributed by atoms with Gasteiger partial charge in [-0.15, -0.1) is 0 Å². The van der Waals surface area contributed by atoms with Crippen molar-refractivity contribution in [3.05, 3.63) is 52.3 Å². The van der Waals surface area contributed by atoms with Crippen LogP contribution in [-0.4, -0.2) is 29.2 Å². The molecular weight excluding hydrogens is 264 g/mol. The summed E-state index contributed by atoms with van der Waals surface area (Å²) in [4.78, 5) is 12.2. The number of nitrogens with zero attached hydrogens (tertiary/aromatic N) is 1.